The third-order valence-electron chi connectivity index (χ3n) is 5.39. The molecule has 0 aliphatic rings. The van der Waals surface area contributed by atoms with Crippen molar-refractivity contribution in [3.63, 3.8) is 0 Å². The number of fused-ring (bicyclic) bond motifs is 1. The normalized spacial score (nSPS) is 12.4. The van der Waals surface area contributed by atoms with E-state index in [-0.39, 0.29) is 11.9 Å². The molecule has 0 fully saturated rings. The van der Waals surface area contributed by atoms with Crippen LogP contribution in [0.2, 0.25) is 0 Å². The van der Waals surface area contributed by atoms with Crippen LogP contribution >= 0.6 is 0 Å². The lowest BCUT2D eigenvalue weighted by atomic mass is 10.1. The number of aromatic nitrogens is 5. The van der Waals surface area contributed by atoms with Crippen molar-refractivity contribution < 1.29 is 14.5 Å². The number of aryl methyl sites for hydroxylation is 2. The van der Waals surface area contributed by atoms with Gasteiger partial charge in [-0.05, 0) is 55.4 Å². The molecule has 0 saturated heterocycles. The summed E-state index contributed by atoms with van der Waals surface area (Å²) in [5.41, 5.74) is 13.9. The molecule has 182 valence electrons. The average Bonchev–Trinajstić information content (AvgIpc) is 3.42. The number of nitrogens with two attached hydrogens (primary N) is 2. The Morgan fingerprint density at radius 2 is 1.97 bits per heavy atom. The first-order chi connectivity index (χ1) is 16.8. The van der Waals surface area contributed by atoms with E-state index in [1.54, 1.807) is 19.9 Å². The zero-order valence-corrected chi connectivity index (χ0v) is 20.0. The number of nitrogen functional groups attached to an aromatic ring is 1. The molecule has 5 N–H and O–H groups in total. The number of pyridine rings is 1. The van der Waals surface area contributed by atoms with Crippen LogP contribution in [0.15, 0.2) is 41.0 Å². The number of hydrogen-bond acceptors (Lipinski definition) is 9. The van der Waals surface area contributed by atoms with E-state index in [0.29, 0.717) is 41.7 Å². The summed E-state index contributed by atoms with van der Waals surface area (Å²) >= 11 is 0. The first kappa shape index (κ1) is 24.2. The predicted molar refractivity (Wildman–Crippen MR) is 132 cm³/mol. The van der Waals surface area contributed by atoms with Gasteiger partial charge in [0, 0.05) is 19.2 Å². The Labute approximate surface area is 203 Å². The van der Waals surface area contributed by atoms with Gasteiger partial charge >= 0.3 is 0 Å². The number of hydrogen-bond donors (Lipinski definition) is 3. The number of imidazole rings is 1. The number of ether oxygens (including phenoxy) is 1. The van der Waals surface area contributed by atoms with Crippen molar-refractivity contribution in [2.75, 3.05) is 12.3 Å². The molecule has 0 radical (unpaired) electrons. The molecule has 4 aromatic rings. The number of rotatable bonds is 8. The summed E-state index contributed by atoms with van der Waals surface area (Å²) in [6, 6.07) is 12.0. The van der Waals surface area contributed by atoms with Gasteiger partial charge in [-0.2, -0.15) is 0 Å². The van der Waals surface area contributed by atoms with Gasteiger partial charge in [0.25, 0.3) is 0 Å². The van der Waals surface area contributed by atoms with Crippen LogP contribution in [0.5, 0.6) is 5.88 Å². The summed E-state index contributed by atoms with van der Waals surface area (Å²) in [5.74, 6) is 6.74. The molecule has 10 nitrogen and oxygen atoms in total. The molecule has 3 aromatic heterocycles. The largest absolute Gasteiger partial charge is 0.473 e. The lowest BCUT2D eigenvalue weighted by molar-refractivity contribution is 0.143. The maximum absolute atomic E-state index is 10.2. The van der Waals surface area contributed by atoms with E-state index in [0.717, 1.165) is 18.4 Å². The standard InChI is InChI=1S/C25H29N7O3/c1-4-32-19-14-20(34-17(15-26)11-10-16-8-6-5-7-9-16)28-18(12-13-25(2,3)33)21(19)29-24(32)22-23(27)31-35-30-22/h5-9,14,17,33H,4,10-11,15,26H2,1-3H3,(H2,27,31). The van der Waals surface area contributed by atoms with E-state index in [4.69, 9.17) is 25.8 Å². The molecule has 10 heteroatoms. The smallest absolute Gasteiger partial charge is 0.217 e. The molecule has 0 spiro atoms. The summed E-state index contributed by atoms with van der Waals surface area (Å²) in [6.45, 7) is 6.07. The second-order valence-corrected chi connectivity index (χ2v) is 8.66. The van der Waals surface area contributed by atoms with Gasteiger partial charge in [-0.1, -0.05) is 36.3 Å². The second kappa shape index (κ2) is 10.1. The van der Waals surface area contributed by atoms with Crippen LogP contribution in [-0.4, -0.2) is 48.2 Å². The number of aliphatic hydroxyl groups is 1. The minimum absolute atomic E-state index is 0.132. The van der Waals surface area contributed by atoms with E-state index >= 15 is 0 Å². The summed E-state index contributed by atoms with van der Waals surface area (Å²) in [6.07, 6.45) is 1.30. The van der Waals surface area contributed by atoms with Gasteiger partial charge in [0.15, 0.2) is 17.3 Å². The van der Waals surface area contributed by atoms with E-state index in [1.165, 1.54) is 5.56 Å². The topological polar surface area (TPSA) is 151 Å². The van der Waals surface area contributed by atoms with Crippen LogP contribution in [0.4, 0.5) is 5.82 Å². The van der Waals surface area contributed by atoms with Gasteiger partial charge in [-0.25, -0.2) is 14.6 Å². The monoisotopic (exact) mass is 475 g/mol. The van der Waals surface area contributed by atoms with Crippen LogP contribution in [0.25, 0.3) is 22.6 Å². The Kier molecular flexibility index (Phi) is 7.00. The van der Waals surface area contributed by atoms with Crippen molar-refractivity contribution in [3.8, 4) is 29.2 Å². The Hall–Kier alpha value is -3.94. The number of nitrogens with zero attached hydrogens (tertiary/aromatic N) is 5. The quantitative estimate of drug-likeness (QED) is 0.326. The SMILES string of the molecule is CCn1c(-c2nonc2N)nc2c(C#CC(C)(C)O)nc(OC(CN)CCc3ccccc3)cc21. The summed E-state index contributed by atoms with van der Waals surface area (Å²) in [5, 5.41) is 17.7. The van der Waals surface area contributed by atoms with Gasteiger partial charge in [-0.15, -0.1) is 0 Å². The van der Waals surface area contributed by atoms with Crippen molar-refractivity contribution in [1.82, 2.24) is 24.8 Å². The molecule has 35 heavy (non-hydrogen) atoms. The fourth-order valence-corrected chi connectivity index (χ4v) is 3.68. The number of anilines is 1. The van der Waals surface area contributed by atoms with Crippen molar-refractivity contribution in [2.45, 2.75) is 51.9 Å². The number of benzene rings is 1. The van der Waals surface area contributed by atoms with Gasteiger partial charge < -0.3 is 25.9 Å². The van der Waals surface area contributed by atoms with Crippen LogP contribution < -0.4 is 16.2 Å². The fraction of sp³-hybridized carbons (Fsp3) is 0.360. The molecule has 1 atom stereocenters. The van der Waals surface area contributed by atoms with Crippen LogP contribution in [-0.2, 0) is 13.0 Å². The Bertz CT molecular complexity index is 1360. The van der Waals surface area contributed by atoms with Crippen molar-refractivity contribution in [2.24, 2.45) is 5.73 Å². The average molecular weight is 476 g/mol. The van der Waals surface area contributed by atoms with Crippen LogP contribution in [0.3, 0.4) is 0 Å². The van der Waals surface area contributed by atoms with Crippen molar-refractivity contribution in [1.29, 1.82) is 0 Å². The molecule has 0 amide bonds. The van der Waals surface area contributed by atoms with Gasteiger partial charge in [-0.3, -0.25) is 0 Å². The molecular weight excluding hydrogens is 446 g/mol. The Morgan fingerprint density at radius 3 is 2.60 bits per heavy atom. The lowest BCUT2D eigenvalue weighted by Crippen LogP contribution is -2.27. The maximum Gasteiger partial charge on any atom is 0.217 e. The molecule has 0 bridgehead atoms. The molecule has 1 aromatic carbocycles. The highest BCUT2D eigenvalue weighted by molar-refractivity contribution is 5.86. The van der Waals surface area contributed by atoms with Gasteiger partial charge in [0.1, 0.15) is 22.9 Å². The zero-order chi connectivity index (χ0) is 25.0. The lowest BCUT2D eigenvalue weighted by Gasteiger charge is -2.17. The summed E-state index contributed by atoms with van der Waals surface area (Å²) in [7, 11) is 0. The molecule has 4 rings (SSSR count). The van der Waals surface area contributed by atoms with Crippen molar-refractivity contribution in [3.05, 3.63) is 47.7 Å². The highest BCUT2D eigenvalue weighted by Crippen LogP contribution is 2.30. The zero-order valence-electron chi connectivity index (χ0n) is 20.0. The summed E-state index contributed by atoms with van der Waals surface area (Å²) in [4.78, 5) is 9.31. The third kappa shape index (κ3) is 5.59. The van der Waals surface area contributed by atoms with Gasteiger partial charge in [0.2, 0.25) is 5.88 Å². The van der Waals surface area contributed by atoms with Crippen LogP contribution in [0, 0.1) is 11.8 Å². The Morgan fingerprint density at radius 1 is 1.20 bits per heavy atom. The predicted octanol–water partition coefficient (Wildman–Crippen LogP) is 2.54. The first-order valence-corrected chi connectivity index (χ1v) is 11.4. The minimum Gasteiger partial charge on any atom is -0.473 e. The molecule has 0 aliphatic carbocycles. The van der Waals surface area contributed by atoms with E-state index in [9.17, 15) is 5.11 Å². The molecular formula is C25H29N7O3. The fourth-order valence-electron chi connectivity index (χ4n) is 3.68. The molecule has 1 unspecified atom stereocenters. The highest BCUT2D eigenvalue weighted by Gasteiger charge is 2.22. The third-order valence-corrected chi connectivity index (χ3v) is 5.39. The van der Waals surface area contributed by atoms with E-state index in [1.807, 2.05) is 29.7 Å². The molecule has 0 aliphatic heterocycles. The first-order valence-electron chi connectivity index (χ1n) is 11.4. The Balaban J connectivity index is 1.75. The highest BCUT2D eigenvalue weighted by atomic mass is 16.6. The maximum atomic E-state index is 10.2. The van der Waals surface area contributed by atoms with Crippen molar-refractivity contribution >= 4 is 16.9 Å². The summed E-state index contributed by atoms with van der Waals surface area (Å²) < 4.78 is 12.9. The van der Waals surface area contributed by atoms with Crippen LogP contribution in [0.1, 0.15) is 38.4 Å². The minimum atomic E-state index is -1.21. The van der Waals surface area contributed by atoms with E-state index in [2.05, 4.69) is 39.3 Å². The van der Waals surface area contributed by atoms with Gasteiger partial charge in [0.05, 0.1) is 5.52 Å². The second-order valence-electron chi connectivity index (χ2n) is 8.66. The van der Waals surface area contributed by atoms with E-state index < -0.39 is 5.60 Å². The molecule has 3 heterocycles. The molecule has 0 saturated carbocycles.